The van der Waals surface area contributed by atoms with Crippen molar-refractivity contribution >= 4 is 28.5 Å². The van der Waals surface area contributed by atoms with Gasteiger partial charge in [0.1, 0.15) is 5.15 Å². The Morgan fingerprint density at radius 3 is 2.88 bits per heavy atom. The van der Waals surface area contributed by atoms with Crippen molar-refractivity contribution in [2.75, 3.05) is 0 Å². The second kappa shape index (κ2) is 6.97. The molecule has 2 aromatic heterocycles. The Hall–Kier alpha value is -2.47. The van der Waals surface area contributed by atoms with E-state index in [0.29, 0.717) is 28.0 Å². The minimum Gasteiger partial charge on any atom is -0.452 e. The molecule has 24 heavy (non-hydrogen) atoms. The van der Waals surface area contributed by atoms with Crippen LogP contribution in [0.2, 0.25) is 5.15 Å². The van der Waals surface area contributed by atoms with Crippen molar-refractivity contribution in [3.63, 3.8) is 0 Å². The number of halogens is 1. The van der Waals surface area contributed by atoms with Gasteiger partial charge in [-0.05, 0) is 36.2 Å². The maximum atomic E-state index is 12.2. The summed E-state index contributed by atoms with van der Waals surface area (Å²) in [6, 6.07) is 8.56. The largest absolute Gasteiger partial charge is 0.452 e. The standard InChI is InChI=1S/C17H16ClN3O3/c1-10(2)7-15-20-16(24-21-15)9-23-17(22)12-3-5-13-11(8-12)4-6-14(18)19-13/h3-6,8,10H,7,9H2,1-2H3. The Labute approximate surface area is 143 Å². The summed E-state index contributed by atoms with van der Waals surface area (Å²) in [6.45, 7) is 4.08. The van der Waals surface area contributed by atoms with E-state index >= 15 is 0 Å². The highest BCUT2D eigenvalue weighted by Crippen LogP contribution is 2.18. The molecule has 0 aliphatic heterocycles. The van der Waals surface area contributed by atoms with Gasteiger partial charge in [0.15, 0.2) is 12.4 Å². The molecule has 2 heterocycles. The average Bonchev–Trinajstić information content (AvgIpc) is 2.98. The van der Waals surface area contributed by atoms with Crippen molar-refractivity contribution in [2.45, 2.75) is 26.9 Å². The van der Waals surface area contributed by atoms with E-state index in [4.69, 9.17) is 20.9 Å². The van der Waals surface area contributed by atoms with Crippen molar-refractivity contribution < 1.29 is 14.1 Å². The van der Waals surface area contributed by atoms with Crippen LogP contribution in [0.25, 0.3) is 10.9 Å². The Bertz CT molecular complexity index is 876. The van der Waals surface area contributed by atoms with Gasteiger partial charge in [0.2, 0.25) is 0 Å². The number of ether oxygens (including phenoxy) is 1. The summed E-state index contributed by atoms with van der Waals surface area (Å²) in [7, 11) is 0. The van der Waals surface area contributed by atoms with Gasteiger partial charge in [0, 0.05) is 11.8 Å². The summed E-state index contributed by atoms with van der Waals surface area (Å²) in [5.41, 5.74) is 1.14. The lowest BCUT2D eigenvalue weighted by Crippen LogP contribution is -2.05. The summed E-state index contributed by atoms with van der Waals surface area (Å²) in [5.74, 6) is 0.867. The van der Waals surface area contributed by atoms with Gasteiger partial charge in [0.25, 0.3) is 5.89 Å². The summed E-state index contributed by atoms with van der Waals surface area (Å²) >= 11 is 5.85. The van der Waals surface area contributed by atoms with Crippen LogP contribution in [0.5, 0.6) is 0 Å². The monoisotopic (exact) mass is 345 g/mol. The molecule has 0 N–H and O–H groups in total. The molecule has 3 aromatic rings. The van der Waals surface area contributed by atoms with Crippen LogP contribution in [0, 0.1) is 5.92 Å². The first-order valence-electron chi connectivity index (χ1n) is 7.56. The molecular formula is C17H16ClN3O3. The highest BCUT2D eigenvalue weighted by Gasteiger charge is 2.13. The van der Waals surface area contributed by atoms with E-state index in [1.807, 2.05) is 0 Å². The number of carbonyl (C=O) groups excluding carboxylic acids is 1. The SMILES string of the molecule is CC(C)Cc1noc(COC(=O)c2ccc3nc(Cl)ccc3c2)n1. The molecule has 0 saturated heterocycles. The molecule has 3 rings (SSSR count). The van der Waals surface area contributed by atoms with Gasteiger partial charge < -0.3 is 9.26 Å². The molecular weight excluding hydrogens is 330 g/mol. The van der Waals surface area contributed by atoms with Crippen LogP contribution >= 0.6 is 11.6 Å². The van der Waals surface area contributed by atoms with E-state index in [9.17, 15) is 4.79 Å². The van der Waals surface area contributed by atoms with Crippen LogP contribution in [0.3, 0.4) is 0 Å². The lowest BCUT2D eigenvalue weighted by atomic mass is 10.1. The number of esters is 1. The number of aromatic nitrogens is 3. The van der Waals surface area contributed by atoms with Crippen LogP contribution in [0.15, 0.2) is 34.9 Å². The third kappa shape index (κ3) is 3.89. The Morgan fingerprint density at radius 2 is 2.08 bits per heavy atom. The predicted molar refractivity (Wildman–Crippen MR) is 88.7 cm³/mol. The molecule has 0 saturated carbocycles. The minimum absolute atomic E-state index is 0.0547. The molecule has 124 valence electrons. The summed E-state index contributed by atoms with van der Waals surface area (Å²) in [5, 5.41) is 5.08. The number of hydrogen-bond acceptors (Lipinski definition) is 6. The lowest BCUT2D eigenvalue weighted by Gasteiger charge is -2.04. The molecule has 0 spiro atoms. The van der Waals surface area contributed by atoms with Crippen molar-refractivity contribution in [3.05, 3.63) is 52.8 Å². The zero-order valence-corrected chi connectivity index (χ0v) is 14.1. The van der Waals surface area contributed by atoms with Gasteiger partial charge >= 0.3 is 5.97 Å². The first-order valence-corrected chi connectivity index (χ1v) is 7.94. The number of nitrogens with zero attached hydrogens (tertiary/aromatic N) is 3. The van der Waals surface area contributed by atoms with Gasteiger partial charge in [-0.3, -0.25) is 0 Å². The van der Waals surface area contributed by atoms with Gasteiger partial charge in [-0.25, -0.2) is 9.78 Å². The van der Waals surface area contributed by atoms with E-state index in [2.05, 4.69) is 29.0 Å². The molecule has 0 fully saturated rings. The average molecular weight is 346 g/mol. The van der Waals surface area contributed by atoms with E-state index < -0.39 is 5.97 Å². The van der Waals surface area contributed by atoms with Crippen LogP contribution in [0.1, 0.15) is 35.9 Å². The summed E-state index contributed by atoms with van der Waals surface area (Å²) < 4.78 is 10.3. The maximum absolute atomic E-state index is 12.2. The molecule has 0 aliphatic rings. The molecule has 1 aromatic carbocycles. The normalized spacial score (nSPS) is 11.2. The fourth-order valence-corrected chi connectivity index (χ4v) is 2.39. The molecule has 0 aliphatic carbocycles. The number of benzene rings is 1. The fraction of sp³-hybridized carbons (Fsp3) is 0.294. The van der Waals surface area contributed by atoms with Crippen molar-refractivity contribution in [3.8, 4) is 0 Å². The number of pyridine rings is 1. The number of fused-ring (bicyclic) bond motifs is 1. The highest BCUT2D eigenvalue weighted by molar-refractivity contribution is 6.29. The molecule has 0 bridgehead atoms. The Morgan fingerprint density at radius 1 is 1.25 bits per heavy atom. The van der Waals surface area contributed by atoms with Gasteiger partial charge in [-0.2, -0.15) is 4.98 Å². The third-order valence-corrected chi connectivity index (χ3v) is 3.53. The number of hydrogen-bond donors (Lipinski definition) is 0. The lowest BCUT2D eigenvalue weighted by molar-refractivity contribution is 0.0430. The third-order valence-electron chi connectivity index (χ3n) is 3.32. The van der Waals surface area contributed by atoms with Crippen LogP contribution in [-0.4, -0.2) is 21.1 Å². The maximum Gasteiger partial charge on any atom is 0.338 e. The first kappa shape index (κ1) is 16.4. The fourth-order valence-electron chi connectivity index (χ4n) is 2.24. The topological polar surface area (TPSA) is 78.1 Å². The quantitative estimate of drug-likeness (QED) is 0.516. The van der Waals surface area contributed by atoms with E-state index in [1.165, 1.54) is 0 Å². The highest BCUT2D eigenvalue weighted by atomic mass is 35.5. The smallest absolute Gasteiger partial charge is 0.338 e. The molecule has 0 unspecified atom stereocenters. The second-order valence-corrected chi connectivity index (χ2v) is 6.21. The van der Waals surface area contributed by atoms with Gasteiger partial charge in [-0.15, -0.1) is 0 Å². The number of rotatable bonds is 5. The predicted octanol–water partition coefficient (Wildman–Crippen LogP) is 3.83. The molecule has 0 atom stereocenters. The summed E-state index contributed by atoms with van der Waals surface area (Å²) in [6.07, 6.45) is 0.720. The summed E-state index contributed by atoms with van der Waals surface area (Å²) in [4.78, 5) is 20.5. The Kier molecular flexibility index (Phi) is 4.76. The van der Waals surface area contributed by atoms with Crippen molar-refractivity contribution in [1.29, 1.82) is 0 Å². The van der Waals surface area contributed by atoms with Gasteiger partial charge in [-0.1, -0.05) is 30.6 Å². The molecule has 7 heteroatoms. The van der Waals surface area contributed by atoms with Crippen molar-refractivity contribution in [1.82, 2.24) is 15.1 Å². The van der Waals surface area contributed by atoms with E-state index in [0.717, 1.165) is 11.8 Å². The van der Waals surface area contributed by atoms with E-state index in [-0.39, 0.29) is 12.5 Å². The molecule has 0 amide bonds. The zero-order valence-electron chi connectivity index (χ0n) is 13.3. The zero-order chi connectivity index (χ0) is 17.1. The first-order chi connectivity index (χ1) is 11.5. The number of carbonyl (C=O) groups is 1. The van der Waals surface area contributed by atoms with Crippen molar-refractivity contribution in [2.24, 2.45) is 5.92 Å². The van der Waals surface area contributed by atoms with Crippen LogP contribution < -0.4 is 0 Å². The van der Waals surface area contributed by atoms with E-state index in [1.54, 1.807) is 30.3 Å². The van der Waals surface area contributed by atoms with Gasteiger partial charge in [0.05, 0.1) is 11.1 Å². The van der Waals surface area contributed by atoms with Crippen LogP contribution in [-0.2, 0) is 17.8 Å². The second-order valence-electron chi connectivity index (χ2n) is 5.82. The Balaban J connectivity index is 1.66. The minimum atomic E-state index is -0.463. The molecule has 6 nitrogen and oxygen atoms in total. The van der Waals surface area contributed by atoms with Crippen LogP contribution in [0.4, 0.5) is 0 Å². The molecule has 0 radical (unpaired) electrons.